The first-order valence-electron chi connectivity index (χ1n) is 8.67. The number of nitrogens with one attached hydrogen (secondary N) is 1. The maximum absolute atomic E-state index is 12.1. The Kier molecular flexibility index (Phi) is 9.19. The van der Waals surface area contributed by atoms with Gasteiger partial charge in [0.1, 0.15) is 0 Å². The number of benzene rings is 1. The van der Waals surface area contributed by atoms with Gasteiger partial charge in [0, 0.05) is 5.71 Å². The summed E-state index contributed by atoms with van der Waals surface area (Å²) in [4.78, 5) is 24.1. The molecule has 1 amide bonds. The molecule has 0 aliphatic rings. The molecule has 0 saturated heterocycles. The van der Waals surface area contributed by atoms with Gasteiger partial charge in [-0.15, -0.1) is 0 Å². The molecule has 0 aliphatic carbocycles. The average molecular weight is 364 g/mol. The molecule has 0 bridgehead atoms. The summed E-state index contributed by atoms with van der Waals surface area (Å²) >= 11 is 0. The summed E-state index contributed by atoms with van der Waals surface area (Å²) in [7, 11) is 3.09. The summed E-state index contributed by atoms with van der Waals surface area (Å²) < 4.78 is 15.5. The van der Waals surface area contributed by atoms with Gasteiger partial charge < -0.3 is 14.2 Å². The number of amides is 1. The second-order valence-electron chi connectivity index (χ2n) is 5.75. The highest BCUT2D eigenvalue weighted by molar-refractivity contribution is 6.01. The second kappa shape index (κ2) is 11.1. The van der Waals surface area contributed by atoms with Crippen molar-refractivity contribution in [1.82, 2.24) is 5.43 Å². The zero-order valence-corrected chi connectivity index (χ0v) is 16.1. The molecule has 1 aromatic carbocycles. The Morgan fingerprint density at radius 1 is 1.15 bits per heavy atom. The number of hydrogen-bond donors (Lipinski definition) is 1. The van der Waals surface area contributed by atoms with Crippen molar-refractivity contribution in [3.05, 3.63) is 23.8 Å². The van der Waals surface area contributed by atoms with Crippen LogP contribution in [0.15, 0.2) is 23.3 Å². The van der Waals surface area contributed by atoms with E-state index in [1.165, 1.54) is 0 Å². The number of methoxy groups -OCH3 is 2. The molecule has 1 aromatic rings. The Bertz CT molecular complexity index is 643. The van der Waals surface area contributed by atoms with Gasteiger partial charge >= 0.3 is 5.97 Å². The van der Waals surface area contributed by atoms with Gasteiger partial charge in [-0.2, -0.15) is 5.10 Å². The molecule has 7 nitrogen and oxygen atoms in total. The summed E-state index contributed by atoms with van der Waals surface area (Å²) in [5.41, 5.74) is 3.80. The maximum Gasteiger partial charge on any atom is 0.314 e. The molecule has 0 aromatic heterocycles. The third kappa shape index (κ3) is 6.38. The number of hydrazone groups is 1. The molecule has 1 rings (SSSR count). The minimum Gasteiger partial charge on any atom is -0.493 e. The van der Waals surface area contributed by atoms with Gasteiger partial charge in [0.25, 0.3) is 0 Å². The van der Waals surface area contributed by atoms with E-state index in [0.29, 0.717) is 30.2 Å². The number of esters is 1. The predicted molar refractivity (Wildman–Crippen MR) is 99.5 cm³/mol. The zero-order chi connectivity index (χ0) is 19.5. The van der Waals surface area contributed by atoms with Crippen LogP contribution in [0.2, 0.25) is 0 Å². The minimum absolute atomic E-state index is 0.134. The van der Waals surface area contributed by atoms with E-state index in [-0.39, 0.29) is 18.3 Å². The van der Waals surface area contributed by atoms with Crippen LogP contribution in [0.25, 0.3) is 0 Å². The maximum atomic E-state index is 12.1. The quantitative estimate of drug-likeness (QED) is 0.392. The fourth-order valence-electron chi connectivity index (χ4n) is 2.47. The second-order valence-corrected chi connectivity index (χ2v) is 5.75. The van der Waals surface area contributed by atoms with Gasteiger partial charge in [0.05, 0.1) is 33.2 Å². The van der Waals surface area contributed by atoms with Crippen molar-refractivity contribution in [3.8, 4) is 11.5 Å². The SMILES string of the molecule is CCCC(C(=O)OCC)C(C)=NNC(=O)Cc1ccc(OC)c(OC)c1. The molecule has 0 saturated carbocycles. The van der Waals surface area contributed by atoms with Crippen LogP contribution in [-0.2, 0) is 20.7 Å². The van der Waals surface area contributed by atoms with Crippen LogP contribution < -0.4 is 14.9 Å². The van der Waals surface area contributed by atoms with E-state index >= 15 is 0 Å². The average Bonchev–Trinajstić information content (AvgIpc) is 2.64. The standard InChI is InChI=1S/C19H28N2O5/c1-6-8-15(19(23)26-7-2)13(3)20-21-18(22)12-14-9-10-16(24-4)17(11-14)25-5/h9-11,15H,6-8,12H2,1-5H3,(H,21,22). The highest BCUT2D eigenvalue weighted by Gasteiger charge is 2.22. The molecule has 26 heavy (non-hydrogen) atoms. The van der Waals surface area contributed by atoms with Crippen molar-refractivity contribution < 1.29 is 23.8 Å². The topological polar surface area (TPSA) is 86.2 Å². The third-order valence-electron chi connectivity index (χ3n) is 3.82. The van der Waals surface area contributed by atoms with Crippen molar-refractivity contribution >= 4 is 17.6 Å². The molecule has 1 atom stereocenters. The Labute approximate surface area is 154 Å². The monoisotopic (exact) mass is 364 g/mol. The summed E-state index contributed by atoms with van der Waals surface area (Å²) in [6.45, 7) is 5.78. The summed E-state index contributed by atoms with van der Waals surface area (Å²) in [6, 6.07) is 5.28. The van der Waals surface area contributed by atoms with E-state index in [9.17, 15) is 9.59 Å². The van der Waals surface area contributed by atoms with Crippen LogP contribution in [0, 0.1) is 5.92 Å². The lowest BCUT2D eigenvalue weighted by molar-refractivity contribution is -0.145. The van der Waals surface area contributed by atoms with Gasteiger partial charge in [-0.25, -0.2) is 5.43 Å². The molecule has 0 aliphatic heterocycles. The van der Waals surface area contributed by atoms with E-state index < -0.39 is 5.92 Å². The lowest BCUT2D eigenvalue weighted by Gasteiger charge is -2.14. The van der Waals surface area contributed by atoms with Crippen molar-refractivity contribution in [2.45, 2.75) is 40.0 Å². The van der Waals surface area contributed by atoms with Gasteiger partial charge in [-0.1, -0.05) is 19.4 Å². The lowest BCUT2D eigenvalue weighted by Crippen LogP contribution is -2.28. The third-order valence-corrected chi connectivity index (χ3v) is 3.82. The van der Waals surface area contributed by atoms with Crippen LogP contribution in [0.3, 0.4) is 0 Å². The largest absolute Gasteiger partial charge is 0.493 e. The van der Waals surface area contributed by atoms with Crippen LogP contribution >= 0.6 is 0 Å². The first-order valence-corrected chi connectivity index (χ1v) is 8.67. The van der Waals surface area contributed by atoms with Crippen molar-refractivity contribution in [3.63, 3.8) is 0 Å². The highest BCUT2D eigenvalue weighted by atomic mass is 16.5. The zero-order valence-electron chi connectivity index (χ0n) is 16.1. The van der Waals surface area contributed by atoms with Gasteiger partial charge in [-0.3, -0.25) is 9.59 Å². The van der Waals surface area contributed by atoms with Gasteiger partial charge in [-0.05, 0) is 38.0 Å². The summed E-state index contributed by atoms with van der Waals surface area (Å²) in [5, 5.41) is 4.08. The number of carbonyl (C=O) groups is 2. The van der Waals surface area contributed by atoms with E-state index in [1.807, 2.05) is 6.92 Å². The van der Waals surface area contributed by atoms with Crippen molar-refractivity contribution in [2.24, 2.45) is 11.0 Å². The Balaban J connectivity index is 2.74. The molecular formula is C19H28N2O5. The molecule has 0 radical (unpaired) electrons. The molecular weight excluding hydrogens is 336 g/mol. The number of hydrogen-bond acceptors (Lipinski definition) is 6. The fraction of sp³-hybridized carbons (Fsp3) is 0.526. The number of nitrogens with zero attached hydrogens (tertiary/aromatic N) is 1. The first-order chi connectivity index (χ1) is 12.5. The molecule has 0 spiro atoms. The van der Waals surface area contributed by atoms with Crippen LogP contribution in [-0.4, -0.2) is 38.4 Å². The number of rotatable bonds is 10. The molecule has 1 N–H and O–H groups in total. The van der Waals surface area contributed by atoms with Crippen molar-refractivity contribution in [1.29, 1.82) is 0 Å². The van der Waals surface area contributed by atoms with E-state index in [1.54, 1.807) is 46.3 Å². The predicted octanol–water partition coefficient (Wildman–Crippen LogP) is 2.72. The first kappa shape index (κ1) is 21.5. The molecule has 1 unspecified atom stereocenters. The van der Waals surface area contributed by atoms with E-state index in [2.05, 4.69) is 10.5 Å². The smallest absolute Gasteiger partial charge is 0.314 e. The molecule has 0 heterocycles. The lowest BCUT2D eigenvalue weighted by atomic mass is 9.99. The van der Waals surface area contributed by atoms with E-state index in [0.717, 1.165) is 12.0 Å². The van der Waals surface area contributed by atoms with Crippen molar-refractivity contribution in [2.75, 3.05) is 20.8 Å². The Morgan fingerprint density at radius 3 is 2.42 bits per heavy atom. The normalized spacial score (nSPS) is 12.3. The van der Waals surface area contributed by atoms with Gasteiger partial charge in [0.2, 0.25) is 5.91 Å². The van der Waals surface area contributed by atoms with Crippen LogP contribution in [0.5, 0.6) is 11.5 Å². The molecule has 7 heteroatoms. The molecule has 144 valence electrons. The van der Waals surface area contributed by atoms with Gasteiger partial charge in [0.15, 0.2) is 11.5 Å². The Morgan fingerprint density at radius 2 is 1.85 bits per heavy atom. The summed E-state index contributed by atoms with van der Waals surface area (Å²) in [5.74, 6) is 0.118. The Hall–Kier alpha value is -2.57. The number of ether oxygens (including phenoxy) is 3. The summed E-state index contributed by atoms with van der Waals surface area (Å²) in [6.07, 6.45) is 1.57. The van der Waals surface area contributed by atoms with Crippen LogP contribution in [0.1, 0.15) is 39.2 Å². The van der Waals surface area contributed by atoms with E-state index in [4.69, 9.17) is 14.2 Å². The minimum atomic E-state index is -0.443. The highest BCUT2D eigenvalue weighted by Crippen LogP contribution is 2.27. The molecule has 0 fully saturated rings. The fourth-order valence-corrected chi connectivity index (χ4v) is 2.47. The number of carbonyl (C=O) groups excluding carboxylic acids is 2. The van der Waals surface area contributed by atoms with Crippen LogP contribution in [0.4, 0.5) is 0 Å².